The van der Waals surface area contributed by atoms with Crippen LogP contribution in [0.2, 0.25) is 0 Å². The maximum absolute atomic E-state index is 12.8. The van der Waals surface area contributed by atoms with Gasteiger partial charge < -0.3 is 15.4 Å². The molecule has 1 saturated heterocycles. The van der Waals surface area contributed by atoms with Gasteiger partial charge in [-0.1, -0.05) is 74.7 Å². The van der Waals surface area contributed by atoms with E-state index in [0.717, 1.165) is 52.4 Å². The molecule has 0 radical (unpaired) electrons. The molecule has 0 aromatic heterocycles. The van der Waals surface area contributed by atoms with Crippen LogP contribution >= 0.6 is 24.0 Å². The minimum absolute atomic E-state index is 0.0604. The lowest BCUT2D eigenvalue weighted by atomic mass is 9.85. The lowest BCUT2D eigenvalue weighted by Crippen LogP contribution is -2.51. The first kappa shape index (κ1) is 25.0. The Hall–Kier alpha value is -2.09. The lowest BCUT2D eigenvalue weighted by molar-refractivity contribution is -0.122. The molecule has 7 heteroatoms. The number of benzene rings is 2. The van der Waals surface area contributed by atoms with E-state index < -0.39 is 0 Å². The summed E-state index contributed by atoms with van der Waals surface area (Å²) in [6.45, 7) is 0.623. The van der Waals surface area contributed by atoms with Crippen LogP contribution in [-0.2, 0) is 11.3 Å². The second-order valence-electron chi connectivity index (χ2n) is 9.19. The third-order valence-corrected chi connectivity index (χ3v) is 7.99. The third kappa shape index (κ3) is 7.72. The SMILES string of the molecule is O=C(N[C@H](CCC1CCCCC1)C(=S)NCc1ccc(Oc2ccccc2)cc1)[C@@H]1CSCN1. The van der Waals surface area contributed by atoms with E-state index in [1.807, 2.05) is 54.6 Å². The van der Waals surface area contributed by atoms with Crippen molar-refractivity contribution in [2.45, 2.75) is 63.6 Å². The number of thioether (sulfide) groups is 1. The van der Waals surface area contributed by atoms with Gasteiger partial charge in [-0.3, -0.25) is 10.1 Å². The quantitative estimate of drug-likeness (QED) is 0.382. The molecule has 1 saturated carbocycles. The van der Waals surface area contributed by atoms with E-state index >= 15 is 0 Å². The fourth-order valence-electron chi connectivity index (χ4n) is 4.60. The molecule has 1 heterocycles. The fraction of sp³-hybridized carbons (Fsp3) is 0.481. The van der Waals surface area contributed by atoms with Crippen LogP contribution < -0.4 is 20.7 Å². The van der Waals surface area contributed by atoms with E-state index in [9.17, 15) is 4.79 Å². The molecule has 1 amide bonds. The van der Waals surface area contributed by atoms with E-state index in [2.05, 4.69) is 16.0 Å². The van der Waals surface area contributed by atoms with E-state index in [-0.39, 0.29) is 18.0 Å². The molecule has 0 unspecified atom stereocenters. The molecule has 182 valence electrons. The van der Waals surface area contributed by atoms with E-state index in [0.29, 0.717) is 6.54 Å². The maximum atomic E-state index is 12.8. The van der Waals surface area contributed by atoms with Gasteiger partial charge in [-0.05, 0) is 48.6 Å². The molecule has 2 fully saturated rings. The zero-order valence-corrected chi connectivity index (χ0v) is 21.3. The predicted octanol–water partition coefficient (Wildman–Crippen LogP) is 5.40. The molecule has 2 aromatic carbocycles. The summed E-state index contributed by atoms with van der Waals surface area (Å²) in [4.78, 5) is 13.5. The number of para-hydroxylation sites is 1. The molecular weight excluding hydrogens is 462 g/mol. The standard InChI is InChI=1S/C27H35N3O2S2/c31-26(25-18-34-19-29-25)30-24(16-13-20-7-3-1-4-8-20)27(33)28-17-21-11-14-23(15-12-21)32-22-9-5-2-6-10-22/h2,5-6,9-12,14-15,20,24-25,29H,1,3-4,7-8,13,16-19H2,(H,28,33)(H,30,31)/t24-,25+/m1/s1. The normalized spacial score (nSPS) is 19.4. The van der Waals surface area contributed by atoms with Crippen molar-refractivity contribution in [3.63, 3.8) is 0 Å². The topological polar surface area (TPSA) is 62.4 Å². The molecule has 2 aliphatic rings. The smallest absolute Gasteiger partial charge is 0.238 e. The Morgan fingerprint density at radius 3 is 2.50 bits per heavy atom. The Balaban J connectivity index is 1.30. The van der Waals surface area contributed by atoms with Gasteiger partial charge in [0.15, 0.2) is 0 Å². The van der Waals surface area contributed by atoms with Gasteiger partial charge in [-0.15, -0.1) is 11.8 Å². The summed E-state index contributed by atoms with van der Waals surface area (Å²) in [5.74, 6) is 4.09. The van der Waals surface area contributed by atoms with Crippen molar-refractivity contribution in [3.05, 3.63) is 60.2 Å². The molecule has 1 aliphatic heterocycles. The summed E-state index contributed by atoms with van der Waals surface area (Å²) in [5, 5.41) is 9.90. The Kier molecular flexibility index (Phi) is 9.65. The Bertz CT molecular complexity index is 911. The number of thiocarbonyl (C=S) groups is 1. The van der Waals surface area contributed by atoms with E-state index in [1.54, 1.807) is 11.8 Å². The van der Waals surface area contributed by atoms with Crippen LogP contribution in [0.1, 0.15) is 50.5 Å². The molecule has 0 spiro atoms. The van der Waals surface area contributed by atoms with Crippen LogP contribution in [0.15, 0.2) is 54.6 Å². The highest BCUT2D eigenvalue weighted by atomic mass is 32.2. The molecule has 2 atom stereocenters. The Morgan fingerprint density at radius 2 is 1.79 bits per heavy atom. The van der Waals surface area contributed by atoms with Crippen molar-refractivity contribution in [2.75, 3.05) is 11.6 Å². The van der Waals surface area contributed by atoms with Gasteiger partial charge in [0.2, 0.25) is 5.91 Å². The highest BCUT2D eigenvalue weighted by Gasteiger charge is 2.27. The number of nitrogens with one attached hydrogen (secondary N) is 3. The van der Waals surface area contributed by atoms with Gasteiger partial charge in [-0.25, -0.2) is 0 Å². The first-order valence-corrected chi connectivity index (χ1v) is 13.9. The first-order valence-electron chi connectivity index (χ1n) is 12.4. The summed E-state index contributed by atoms with van der Waals surface area (Å²) in [6, 6.07) is 17.5. The van der Waals surface area contributed by atoms with Crippen LogP contribution in [-0.4, -0.2) is 34.6 Å². The van der Waals surface area contributed by atoms with Crippen LogP contribution in [0.5, 0.6) is 11.5 Å². The number of ether oxygens (including phenoxy) is 1. The second kappa shape index (κ2) is 13.1. The Labute approximate surface area is 212 Å². The van der Waals surface area contributed by atoms with Gasteiger partial charge in [-0.2, -0.15) is 0 Å². The van der Waals surface area contributed by atoms with Crippen molar-refractivity contribution in [3.8, 4) is 11.5 Å². The number of amides is 1. The van der Waals surface area contributed by atoms with Gasteiger partial charge in [0, 0.05) is 18.2 Å². The molecule has 2 aromatic rings. The minimum Gasteiger partial charge on any atom is -0.457 e. The average molecular weight is 498 g/mol. The zero-order valence-electron chi connectivity index (χ0n) is 19.6. The zero-order chi connectivity index (χ0) is 23.6. The number of carbonyl (C=O) groups excluding carboxylic acids is 1. The molecule has 1 aliphatic carbocycles. The fourth-order valence-corrected chi connectivity index (χ4v) is 5.79. The average Bonchev–Trinajstić information content (AvgIpc) is 3.42. The Morgan fingerprint density at radius 1 is 1.06 bits per heavy atom. The largest absolute Gasteiger partial charge is 0.457 e. The number of hydrogen-bond acceptors (Lipinski definition) is 5. The van der Waals surface area contributed by atoms with E-state index in [1.165, 1.54) is 32.1 Å². The predicted molar refractivity (Wildman–Crippen MR) is 144 cm³/mol. The highest BCUT2D eigenvalue weighted by Crippen LogP contribution is 2.28. The molecule has 4 rings (SSSR count). The highest BCUT2D eigenvalue weighted by molar-refractivity contribution is 7.99. The first-order chi connectivity index (χ1) is 16.7. The summed E-state index contributed by atoms with van der Waals surface area (Å²) < 4.78 is 5.88. The van der Waals surface area contributed by atoms with Crippen LogP contribution in [0.25, 0.3) is 0 Å². The van der Waals surface area contributed by atoms with Crippen LogP contribution in [0.4, 0.5) is 0 Å². The van der Waals surface area contributed by atoms with Crippen LogP contribution in [0.3, 0.4) is 0 Å². The second-order valence-corrected chi connectivity index (χ2v) is 10.7. The van der Waals surface area contributed by atoms with E-state index in [4.69, 9.17) is 17.0 Å². The molecular formula is C27H35N3O2S2. The number of rotatable bonds is 10. The monoisotopic (exact) mass is 497 g/mol. The number of hydrogen-bond donors (Lipinski definition) is 3. The molecule has 3 N–H and O–H groups in total. The maximum Gasteiger partial charge on any atom is 0.238 e. The van der Waals surface area contributed by atoms with Crippen molar-refractivity contribution in [1.82, 2.24) is 16.0 Å². The van der Waals surface area contributed by atoms with Gasteiger partial charge in [0.25, 0.3) is 0 Å². The van der Waals surface area contributed by atoms with Gasteiger partial charge in [0.05, 0.1) is 17.1 Å². The third-order valence-electron chi connectivity index (χ3n) is 6.62. The molecule has 0 bridgehead atoms. The van der Waals surface area contributed by atoms with Gasteiger partial charge >= 0.3 is 0 Å². The van der Waals surface area contributed by atoms with Crippen molar-refractivity contribution in [1.29, 1.82) is 0 Å². The van der Waals surface area contributed by atoms with Crippen molar-refractivity contribution >= 4 is 34.9 Å². The molecule has 5 nitrogen and oxygen atoms in total. The number of carbonyl (C=O) groups is 1. The van der Waals surface area contributed by atoms with Crippen molar-refractivity contribution < 1.29 is 9.53 Å². The summed E-state index contributed by atoms with van der Waals surface area (Å²) in [5.41, 5.74) is 1.12. The lowest BCUT2D eigenvalue weighted by Gasteiger charge is -2.26. The summed E-state index contributed by atoms with van der Waals surface area (Å²) in [7, 11) is 0. The van der Waals surface area contributed by atoms with Crippen molar-refractivity contribution in [2.24, 2.45) is 5.92 Å². The van der Waals surface area contributed by atoms with Gasteiger partial charge in [0.1, 0.15) is 11.5 Å². The minimum atomic E-state index is -0.127. The molecule has 34 heavy (non-hydrogen) atoms. The summed E-state index contributed by atoms with van der Waals surface area (Å²) >= 11 is 7.53. The van der Waals surface area contributed by atoms with Crippen LogP contribution in [0, 0.1) is 5.92 Å². The summed E-state index contributed by atoms with van der Waals surface area (Å²) in [6.07, 6.45) is 8.64.